The highest BCUT2D eigenvalue weighted by atomic mass is 35.5. The van der Waals surface area contributed by atoms with Crippen molar-refractivity contribution in [3.63, 3.8) is 0 Å². The van der Waals surface area contributed by atoms with Gasteiger partial charge in [-0.1, -0.05) is 11.6 Å². The minimum absolute atomic E-state index is 0.599. The van der Waals surface area contributed by atoms with Gasteiger partial charge in [-0.3, -0.25) is 0 Å². The fraction of sp³-hybridized carbons (Fsp3) is 0.417. The molecule has 0 spiro atoms. The van der Waals surface area contributed by atoms with Crippen LogP contribution in [0.25, 0.3) is 5.82 Å². The Balaban J connectivity index is 2.55. The summed E-state index contributed by atoms with van der Waals surface area (Å²) in [6, 6.07) is 0. The number of nitrogens with zero attached hydrogens (tertiary/aromatic N) is 4. The Labute approximate surface area is 111 Å². The SMILES string of the molecule is CCNc1ncc(C)c(-n2nc(C)c(Cl)c2C)n1. The number of nitrogens with one attached hydrogen (secondary N) is 1. The van der Waals surface area contributed by atoms with Crippen LogP contribution in [0.15, 0.2) is 6.20 Å². The number of aromatic nitrogens is 4. The van der Waals surface area contributed by atoms with Crippen molar-refractivity contribution in [2.45, 2.75) is 27.7 Å². The van der Waals surface area contributed by atoms with E-state index in [1.165, 1.54) is 0 Å². The van der Waals surface area contributed by atoms with Gasteiger partial charge in [0, 0.05) is 18.3 Å². The van der Waals surface area contributed by atoms with E-state index in [1.807, 2.05) is 27.7 Å². The molecule has 0 aliphatic heterocycles. The van der Waals surface area contributed by atoms with Gasteiger partial charge >= 0.3 is 0 Å². The van der Waals surface area contributed by atoms with Crippen LogP contribution in [0.2, 0.25) is 5.02 Å². The average molecular weight is 266 g/mol. The summed E-state index contributed by atoms with van der Waals surface area (Å²) in [6.45, 7) is 8.54. The first-order valence-electron chi connectivity index (χ1n) is 5.84. The molecule has 0 bridgehead atoms. The van der Waals surface area contributed by atoms with Crippen molar-refractivity contribution in [3.8, 4) is 5.82 Å². The van der Waals surface area contributed by atoms with Gasteiger partial charge in [-0.15, -0.1) is 0 Å². The summed E-state index contributed by atoms with van der Waals surface area (Å²) in [7, 11) is 0. The fourth-order valence-electron chi connectivity index (χ4n) is 1.72. The van der Waals surface area contributed by atoms with E-state index in [4.69, 9.17) is 11.6 Å². The molecular formula is C12H16ClN5. The summed E-state index contributed by atoms with van der Waals surface area (Å²) >= 11 is 6.16. The minimum Gasteiger partial charge on any atom is -0.354 e. The first-order chi connectivity index (χ1) is 8.54. The van der Waals surface area contributed by atoms with Crippen molar-refractivity contribution < 1.29 is 0 Å². The van der Waals surface area contributed by atoms with Crippen LogP contribution >= 0.6 is 11.6 Å². The standard InChI is InChI=1S/C12H16ClN5/c1-5-14-12-15-6-7(2)11(16-12)18-9(4)10(13)8(3)17-18/h6H,5H2,1-4H3,(H,14,15,16). The van der Waals surface area contributed by atoms with Gasteiger partial charge < -0.3 is 5.32 Å². The number of rotatable bonds is 3. The zero-order chi connectivity index (χ0) is 13.3. The van der Waals surface area contributed by atoms with Crippen LogP contribution in [0.3, 0.4) is 0 Å². The zero-order valence-corrected chi connectivity index (χ0v) is 11.7. The highest BCUT2D eigenvalue weighted by Crippen LogP contribution is 2.23. The molecule has 0 radical (unpaired) electrons. The summed E-state index contributed by atoms with van der Waals surface area (Å²) in [5, 5.41) is 8.18. The quantitative estimate of drug-likeness (QED) is 0.927. The summed E-state index contributed by atoms with van der Waals surface area (Å²) in [4.78, 5) is 8.68. The lowest BCUT2D eigenvalue weighted by Crippen LogP contribution is -2.09. The van der Waals surface area contributed by atoms with E-state index < -0.39 is 0 Å². The van der Waals surface area contributed by atoms with Crippen molar-refractivity contribution in [2.24, 2.45) is 0 Å². The van der Waals surface area contributed by atoms with Crippen LogP contribution < -0.4 is 5.32 Å². The molecule has 0 aliphatic carbocycles. The first-order valence-corrected chi connectivity index (χ1v) is 6.22. The van der Waals surface area contributed by atoms with Gasteiger partial charge in [0.15, 0.2) is 5.82 Å². The number of anilines is 1. The van der Waals surface area contributed by atoms with Gasteiger partial charge in [-0.25, -0.2) is 9.67 Å². The molecule has 0 amide bonds. The highest BCUT2D eigenvalue weighted by molar-refractivity contribution is 6.31. The Kier molecular flexibility index (Phi) is 3.52. The molecule has 5 nitrogen and oxygen atoms in total. The smallest absolute Gasteiger partial charge is 0.224 e. The van der Waals surface area contributed by atoms with Crippen molar-refractivity contribution in [1.82, 2.24) is 19.7 Å². The molecule has 2 heterocycles. The zero-order valence-electron chi connectivity index (χ0n) is 11.0. The molecule has 0 saturated carbocycles. The average Bonchev–Trinajstić information content (AvgIpc) is 2.60. The molecule has 96 valence electrons. The molecular weight excluding hydrogens is 250 g/mol. The Morgan fingerprint density at radius 2 is 2.06 bits per heavy atom. The topological polar surface area (TPSA) is 55.6 Å². The van der Waals surface area contributed by atoms with Gasteiger partial charge in [0.2, 0.25) is 5.95 Å². The molecule has 0 fully saturated rings. The Hall–Kier alpha value is -1.62. The predicted molar refractivity (Wildman–Crippen MR) is 72.5 cm³/mol. The van der Waals surface area contributed by atoms with E-state index in [1.54, 1.807) is 10.9 Å². The van der Waals surface area contributed by atoms with Crippen LogP contribution in [-0.4, -0.2) is 26.3 Å². The van der Waals surface area contributed by atoms with Gasteiger partial charge in [-0.2, -0.15) is 10.1 Å². The Morgan fingerprint density at radius 3 is 2.61 bits per heavy atom. The second-order valence-electron chi connectivity index (χ2n) is 4.13. The highest BCUT2D eigenvalue weighted by Gasteiger charge is 2.14. The van der Waals surface area contributed by atoms with E-state index in [2.05, 4.69) is 20.4 Å². The monoisotopic (exact) mass is 265 g/mol. The van der Waals surface area contributed by atoms with Crippen LogP contribution in [0.4, 0.5) is 5.95 Å². The molecule has 2 aromatic heterocycles. The number of halogens is 1. The van der Waals surface area contributed by atoms with Crippen molar-refractivity contribution in [1.29, 1.82) is 0 Å². The normalized spacial score (nSPS) is 10.7. The van der Waals surface area contributed by atoms with Gasteiger partial charge in [0.05, 0.1) is 16.4 Å². The van der Waals surface area contributed by atoms with Gasteiger partial charge in [0.25, 0.3) is 0 Å². The lowest BCUT2D eigenvalue weighted by molar-refractivity contribution is 0.793. The molecule has 2 rings (SSSR count). The van der Waals surface area contributed by atoms with Gasteiger partial charge in [0.1, 0.15) is 0 Å². The fourth-order valence-corrected chi connectivity index (χ4v) is 1.84. The first kappa shape index (κ1) is 12.8. The number of hydrogen-bond acceptors (Lipinski definition) is 4. The lowest BCUT2D eigenvalue weighted by atomic mass is 10.3. The molecule has 1 N–H and O–H groups in total. The van der Waals surface area contributed by atoms with Crippen LogP contribution in [-0.2, 0) is 0 Å². The molecule has 6 heteroatoms. The largest absolute Gasteiger partial charge is 0.354 e. The van der Waals surface area contributed by atoms with E-state index >= 15 is 0 Å². The maximum Gasteiger partial charge on any atom is 0.224 e. The summed E-state index contributed by atoms with van der Waals surface area (Å²) in [6.07, 6.45) is 1.78. The van der Waals surface area contributed by atoms with E-state index in [0.29, 0.717) is 11.0 Å². The molecule has 0 aromatic carbocycles. The van der Waals surface area contributed by atoms with E-state index in [9.17, 15) is 0 Å². The maximum absolute atomic E-state index is 6.16. The summed E-state index contributed by atoms with van der Waals surface area (Å²) in [5.74, 6) is 1.36. The third-order valence-corrected chi connectivity index (χ3v) is 3.23. The molecule has 0 aliphatic rings. The summed E-state index contributed by atoms with van der Waals surface area (Å²) < 4.78 is 1.76. The minimum atomic E-state index is 0.599. The van der Waals surface area contributed by atoms with Crippen LogP contribution in [0.5, 0.6) is 0 Å². The third-order valence-electron chi connectivity index (χ3n) is 2.68. The molecule has 2 aromatic rings. The maximum atomic E-state index is 6.16. The second kappa shape index (κ2) is 4.94. The predicted octanol–water partition coefficient (Wildman–Crippen LogP) is 2.67. The van der Waals surface area contributed by atoms with E-state index in [0.717, 1.165) is 29.3 Å². The van der Waals surface area contributed by atoms with Crippen LogP contribution in [0, 0.1) is 20.8 Å². The summed E-state index contributed by atoms with van der Waals surface area (Å²) in [5.41, 5.74) is 2.65. The third kappa shape index (κ3) is 2.18. The van der Waals surface area contributed by atoms with Crippen molar-refractivity contribution in [3.05, 3.63) is 28.2 Å². The van der Waals surface area contributed by atoms with Crippen molar-refractivity contribution >= 4 is 17.5 Å². The molecule has 0 saturated heterocycles. The van der Waals surface area contributed by atoms with E-state index in [-0.39, 0.29) is 0 Å². The Morgan fingerprint density at radius 1 is 1.33 bits per heavy atom. The number of aryl methyl sites for hydroxylation is 2. The van der Waals surface area contributed by atoms with Crippen LogP contribution in [0.1, 0.15) is 23.9 Å². The molecule has 18 heavy (non-hydrogen) atoms. The Bertz CT molecular complexity index is 576. The molecule has 0 atom stereocenters. The lowest BCUT2D eigenvalue weighted by Gasteiger charge is -2.09. The van der Waals surface area contributed by atoms with Crippen molar-refractivity contribution in [2.75, 3.05) is 11.9 Å². The second-order valence-corrected chi connectivity index (χ2v) is 4.51. The van der Waals surface area contributed by atoms with Gasteiger partial charge in [-0.05, 0) is 27.7 Å². The number of hydrogen-bond donors (Lipinski definition) is 1. The molecule has 0 unspecified atom stereocenters.